The molecule has 172 valence electrons. The quantitative estimate of drug-likeness (QED) is 0.351. The predicted molar refractivity (Wildman–Crippen MR) is 121 cm³/mol. The van der Waals surface area contributed by atoms with Crippen LogP contribution in [0, 0.1) is 10.1 Å². The van der Waals surface area contributed by atoms with Gasteiger partial charge in [0.1, 0.15) is 11.2 Å². The minimum absolute atomic E-state index is 0.0703. The van der Waals surface area contributed by atoms with E-state index in [2.05, 4.69) is 16.0 Å². The third kappa shape index (κ3) is 4.50. The number of imide groups is 1. The maximum absolute atomic E-state index is 12.6. The number of hydrogen-bond donors (Lipinski definition) is 3. The molecule has 0 radical (unpaired) electrons. The van der Waals surface area contributed by atoms with Crippen LogP contribution < -0.4 is 20.9 Å². The van der Waals surface area contributed by atoms with Gasteiger partial charge in [-0.25, -0.2) is 4.79 Å². The number of nitrogens with zero attached hydrogens (tertiary/aromatic N) is 2. The number of carbonyl (C=O) groups excluding carboxylic acids is 3. The molecule has 10 nitrogen and oxygen atoms in total. The maximum Gasteiger partial charge on any atom is 0.322 e. The highest BCUT2D eigenvalue weighted by Gasteiger charge is 2.43. The molecule has 0 unspecified atom stereocenters. The van der Waals surface area contributed by atoms with Gasteiger partial charge < -0.3 is 15.5 Å². The van der Waals surface area contributed by atoms with Crippen LogP contribution in [0.3, 0.4) is 0 Å². The number of hydrogen-bond acceptors (Lipinski definition) is 6. The van der Waals surface area contributed by atoms with E-state index in [0.717, 1.165) is 37.9 Å². The van der Waals surface area contributed by atoms with Crippen LogP contribution in [0.4, 0.5) is 16.2 Å². The van der Waals surface area contributed by atoms with E-state index in [9.17, 15) is 24.5 Å². The lowest BCUT2D eigenvalue weighted by Gasteiger charge is -2.28. The lowest BCUT2D eigenvalue weighted by atomic mass is 9.91. The summed E-state index contributed by atoms with van der Waals surface area (Å²) in [4.78, 5) is 49.3. The first-order valence-corrected chi connectivity index (χ1v) is 10.8. The molecule has 33 heavy (non-hydrogen) atoms. The topological polar surface area (TPSA) is 134 Å². The van der Waals surface area contributed by atoms with Crippen LogP contribution in [0.2, 0.25) is 0 Å². The Morgan fingerprint density at radius 3 is 2.42 bits per heavy atom. The summed E-state index contributed by atoms with van der Waals surface area (Å²) in [6, 6.07) is 11.0. The smallest absolute Gasteiger partial charge is 0.322 e. The van der Waals surface area contributed by atoms with Gasteiger partial charge in [0.15, 0.2) is 0 Å². The molecule has 2 aliphatic heterocycles. The highest BCUT2D eigenvalue weighted by molar-refractivity contribution is 6.07. The zero-order valence-electron chi connectivity index (χ0n) is 18.2. The number of nitro groups is 1. The van der Waals surface area contributed by atoms with E-state index >= 15 is 0 Å². The molecular formula is C23H25N5O5. The van der Waals surface area contributed by atoms with Crippen molar-refractivity contribution in [3.63, 3.8) is 0 Å². The van der Waals surface area contributed by atoms with E-state index in [1.54, 1.807) is 43.3 Å². The molecule has 4 rings (SSSR count). The fourth-order valence-corrected chi connectivity index (χ4v) is 4.20. The van der Waals surface area contributed by atoms with E-state index in [-0.39, 0.29) is 17.8 Å². The van der Waals surface area contributed by atoms with Crippen LogP contribution in [0.5, 0.6) is 0 Å². The molecule has 2 aliphatic rings. The summed E-state index contributed by atoms with van der Waals surface area (Å²) >= 11 is 0. The molecule has 2 fully saturated rings. The number of urea groups is 1. The van der Waals surface area contributed by atoms with E-state index in [0.29, 0.717) is 11.3 Å². The second-order valence-corrected chi connectivity index (χ2v) is 8.42. The third-order valence-corrected chi connectivity index (χ3v) is 6.16. The fourth-order valence-electron chi connectivity index (χ4n) is 4.20. The number of carbonyl (C=O) groups is 3. The van der Waals surface area contributed by atoms with Gasteiger partial charge in [0.25, 0.3) is 17.5 Å². The molecule has 4 amide bonds. The number of rotatable bonds is 6. The molecule has 2 heterocycles. The number of nitro benzene ring substituents is 1. The molecule has 2 saturated heterocycles. The molecule has 0 aromatic heterocycles. The highest BCUT2D eigenvalue weighted by atomic mass is 16.6. The molecule has 10 heteroatoms. The average Bonchev–Trinajstić information content (AvgIpc) is 3.09. The summed E-state index contributed by atoms with van der Waals surface area (Å²) in [5.41, 5.74) is 0.942. The normalized spacial score (nSPS) is 20.2. The van der Waals surface area contributed by atoms with Crippen molar-refractivity contribution in [1.82, 2.24) is 16.0 Å². The lowest BCUT2D eigenvalue weighted by Crippen LogP contribution is -2.40. The van der Waals surface area contributed by atoms with Crippen LogP contribution in [-0.4, -0.2) is 35.9 Å². The predicted octanol–water partition coefficient (Wildman–Crippen LogP) is 2.57. The highest BCUT2D eigenvalue weighted by Crippen LogP contribution is 2.31. The van der Waals surface area contributed by atoms with E-state index in [1.165, 1.54) is 6.07 Å². The number of amides is 4. The first-order chi connectivity index (χ1) is 15.8. The summed E-state index contributed by atoms with van der Waals surface area (Å²) < 4.78 is 0. The molecule has 2 aromatic rings. The Morgan fingerprint density at radius 1 is 1.12 bits per heavy atom. The average molecular weight is 451 g/mol. The van der Waals surface area contributed by atoms with Gasteiger partial charge in [-0.05, 0) is 49.4 Å². The van der Waals surface area contributed by atoms with E-state index in [4.69, 9.17) is 0 Å². The largest absolute Gasteiger partial charge is 0.366 e. The Hall–Kier alpha value is -3.95. The Morgan fingerprint density at radius 2 is 1.82 bits per heavy atom. The molecular weight excluding hydrogens is 426 g/mol. The fraction of sp³-hybridized carbons (Fsp3) is 0.348. The maximum atomic E-state index is 12.6. The standard InChI is InChI=1S/C23H25N5O5/c1-23(21(30)25-22(31)26-23)17-8-5-15(6-9-17)14-24-20(29)16-7-10-18(19(13-16)28(32)33)27-11-3-2-4-12-27/h5-10,13H,2-4,11-12,14H2,1H3,(H,24,29)(H2,25,26,30,31)/t23-/m1/s1. The summed E-state index contributed by atoms with van der Waals surface area (Å²) in [5, 5.41) is 19.2. The van der Waals surface area contributed by atoms with Gasteiger partial charge in [0, 0.05) is 31.3 Å². The third-order valence-electron chi connectivity index (χ3n) is 6.16. The van der Waals surface area contributed by atoms with Gasteiger partial charge >= 0.3 is 6.03 Å². The van der Waals surface area contributed by atoms with Gasteiger partial charge in [-0.3, -0.25) is 25.0 Å². The second-order valence-electron chi connectivity index (χ2n) is 8.42. The lowest BCUT2D eigenvalue weighted by molar-refractivity contribution is -0.384. The zero-order chi connectivity index (χ0) is 23.6. The van der Waals surface area contributed by atoms with Crippen molar-refractivity contribution in [2.75, 3.05) is 18.0 Å². The Kier molecular flexibility index (Phi) is 5.99. The number of piperidine rings is 1. The van der Waals surface area contributed by atoms with Crippen LogP contribution in [0.25, 0.3) is 0 Å². The number of nitrogens with one attached hydrogen (secondary N) is 3. The molecule has 1 atom stereocenters. The SMILES string of the molecule is C[C@]1(c2ccc(CNC(=O)c3ccc(N4CCCCC4)c([N+](=O)[O-])c3)cc2)NC(=O)NC1=O. The molecule has 0 spiro atoms. The van der Waals surface area contributed by atoms with Crippen molar-refractivity contribution in [1.29, 1.82) is 0 Å². The van der Waals surface area contributed by atoms with Gasteiger partial charge in [0.05, 0.1) is 4.92 Å². The van der Waals surface area contributed by atoms with E-state index in [1.807, 2.05) is 4.90 Å². The van der Waals surface area contributed by atoms with Crippen molar-refractivity contribution in [3.8, 4) is 0 Å². The van der Waals surface area contributed by atoms with Crippen molar-refractivity contribution in [2.24, 2.45) is 0 Å². The Labute approximate surface area is 190 Å². The van der Waals surface area contributed by atoms with Crippen molar-refractivity contribution < 1.29 is 19.3 Å². The molecule has 0 saturated carbocycles. The molecule has 0 aliphatic carbocycles. The van der Waals surface area contributed by atoms with Crippen LogP contribution in [-0.2, 0) is 16.9 Å². The van der Waals surface area contributed by atoms with E-state index < -0.39 is 28.3 Å². The van der Waals surface area contributed by atoms with Crippen molar-refractivity contribution in [3.05, 3.63) is 69.3 Å². The van der Waals surface area contributed by atoms with Gasteiger partial charge in [-0.15, -0.1) is 0 Å². The molecule has 0 bridgehead atoms. The minimum Gasteiger partial charge on any atom is -0.366 e. The van der Waals surface area contributed by atoms with Crippen LogP contribution in [0.15, 0.2) is 42.5 Å². The number of anilines is 1. The summed E-state index contributed by atoms with van der Waals surface area (Å²) in [7, 11) is 0. The van der Waals surface area contributed by atoms with Gasteiger partial charge in [0.2, 0.25) is 0 Å². The monoisotopic (exact) mass is 451 g/mol. The zero-order valence-corrected chi connectivity index (χ0v) is 18.2. The molecule has 3 N–H and O–H groups in total. The minimum atomic E-state index is -1.14. The first-order valence-electron chi connectivity index (χ1n) is 10.8. The summed E-state index contributed by atoms with van der Waals surface area (Å²) in [6.45, 7) is 3.36. The molecule has 2 aromatic carbocycles. The van der Waals surface area contributed by atoms with Gasteiger partial charge in [-0.1, -0.05) is 24.3 Å². The second kappa shape index (κ2) is 8.89. The van der Waals surface area contributed by atoms with Crippen molar-refractivity contribution >= 4 is 29.2 Å². The first kappa shape index (κ1) is 22.3. The van der Waals surface area contributed by atoms with Crippen molar-refractivity contribution in [2.45, 2.75) is 38.3 Å². The Balaban J connectivity index is 1.43. The summed E-state index contributed by atoms with van der Waals surface area (Å²) in [6.07, 6.45) is 3.11. The van der Waals surface area contributed by atoms with Crippen LogP contribution >= 0.6 is 0 Å². The number of benzene rings is 2. The van der Waals surface area contributed by atoms with Gasteiger partial charge in [-0.2, -0.15) is 0 Å². The summed E-state index contributed by atoms with van der Waals surface area (Å²) in [5.74, 6) is -0.843. The van der Waals surface area contributed by atoms with Crippen LogP contribution in [0.1, 0.15) is 47.7 Å². The Bertz CT molecular complexity index is 1110.